The van der Waals surface area contributed by atoms with Crippen LogP contribution in [0.3, 0.4) is 0 Å². The number of nitriles is 1. The molecule has 76 valence electrons. The first-order valence-corrected chi connectivity index (χ1v) is 4.80. The highest BCUT2D eigenvalue weighted by molar-refractivity contribution is 4.93. The van der Waals surface area contributed by atoms with Crippen LogP contribution in [-0.4, -0.2) is 11.0 Å². The number of rotatable bonds is 5. The molecule has 0 aliphatic rings. The molecule has 1 atom stereocenters. The molecule has 0 spiro atoms. The Kier molecular flexibility index (Phi) is 4.14. The summed E-state index contributed by atoms with van der Waals surface area (Å²) in [5, 5.41) is 11.6. The predicted molar refractivity (Wildman–Crippen MR) is 52.4 cm³/mol. The van der Waals surface area contributed by atoms with Crippen molar-refractivity contribution in [1.29, 1.82) is 5.26 Å². The summed E-state index contributed by atoms with van der Waals surface area (Å²) >= 11 is 0. The zero-order chi connectivity index (χ0) is 10.4. The lowest BCUT2D eigenvalue weighted by atomic mass is 10.2. The van der Waals surface area contributed by atoms with Crippen molar-refractivity contribution in [1.82, 2.24) is 10.3 Å². The second-order valence-corrected chi connectivity index (χ2v) is 3.22. The second kappa shape index (κ2) is 5.40. The molecule has 0 saturated carbocycles. The van der Waals surface area contributed by atoms with Gasteiger partial charge in [0.05, 0.1) is 25.2 Å². The van der Waals surface area contributed by atoms with E-state index in [0.29, 0.717) is 18.9 Å². The quantitative estimate of drug-likeness (QED) is 0.772. The van der Waals surface area contributed by atoms with Crippen molar-refractivity contribution in [3.63, 3.8) is 0 Å². The maximum atomic E-state index is 8.45. The number of nitrogens with zero attached hydrogens (tertiary/aromatic N) is 2. The average Bonchev–Trinajstić information content (AvgIpc) is 2.63. The van der Waals surface area contributed by atoms with Crippen LogP contribution in [0.2, 0.25) is 0 Å². The van der Waals surface area contributed by atoms with Gasteiger partial charge in [-0.15, -0.1) is 0 Å². The standard InChI is InChI=1S/C10H15N3O/c1-3-9-6-13-10(14-9)7-12-8(2)4-5-11/h6,8,12H,3-4,7H2,1-2H3. The van der Waals surface area contributed by atoms with Gasteiger partial charge < -0.3 is 9.73 Å². The molecular weight excluding hydrogens is 178 g/mol. The van der Waals surface area contributed by atoms with E-state index < -0.39 is 0 Å². The number of hydrogen-bond donors (Lipinski definition) is 1. The van der Waals surface area contributed by atoms with E-state index in [1.165, 1.54) is 0 Å². The Balaban J connectivity index is 2.34. The molecule has 1 heterocycles. The predicted octanol–water partition coefficient (Wildman–Crippen LogP) is 1.63. The summed E-state index contributed by atoms with van der Waals surface area (Å²) in [5.74, 6) is 1.58. The zero-order valence-corrected chi connectivity index (χ0v) is 8.58. The molecule has 1 N–H and O–H groups in total. The van der Waals surface area contributed by atoms with Crippen molar-refractivity contribution in [2.75, 3.05) is 0 Å². The molecular formula is C10H15N3O. The van der Waals surface area contributed by atoms with E-state index in [4.69, 9.17) is 9.68 Å². The van der Waals surface area contributed by atoms with E-state index in [1.54, 1.807) is 6.20 Å². The van der Waals surface area contributed by atoms with Gasteiger partial charge in [-0.25, -0.2) is 4.98 Å². The third-order valence-electron chi connectivity index (χ3n) is 1.95. The van der Waals surface area contributed by atoms with Crippen LogP contribution in [0, 0.1) is 11.3 Å². The fourth-order valence-corrected chi connectivity index (χ4v) is 1.06. The summed E-state index contributed by atoms with van der Waals surface area (Å²) in [6, 6.07) is 2.28. The van der Waals surface area contributed by atoms with Crippen LogP contribution >= 0.6 is 0 Å². The van der Waals surface area contributed by atoms with Gasteiger partial charge in [0, 0.05) is 12.5 Å². The van der Waals surface area contributed by atoms with Crippen LogP contribution in [0.5, 0.6) is 0 Å². The van der Waals surface area contributed by atoms with Crippen LogP contribution in [-0.2, 0) is 13.0 Å². The first kappa shape index (κ1) is 10.7. The van der Waals surface area contributed by atoms with Crippen molar-refractivity contribution in [2.24, 2.45) is 0 Å². The van der Waals surface area contributed by atoms with Crippen LogP contribution < -0.4 is 5.32 Å². The Bertz CT molecular complexity index is 313. The molecule has 1 rings (SSSR count). The summed E-state index contributed by atoms with van der Waals surface area (Å²) in [4.78, 5) is 4.11. The SMILES string of the molecule is CCc1cnc(CNC(C)CC#N)o1. The molecule has 0 radical (unpaired) electrons. The Morgan fingerprint density at radius 3 is 3.07 bits per heavy atom. The van der Waals surface area contributed by atoms with Crippen LogP contribution in [0.15, 0.2) is 10.6 Å². The van der Waals surface area contributed by atoms with Gasteiger partial charge in [-0.3, -0.25) is 0 Å². The van der Waals surface area contributed by atoms with Gasteiger partial charge in [0.1, 0.15) is 5.76 Å². The smallest absolute Gasteiger partial charge is 0.208 e. The van der Waals surface area contributed by atoms with E-state index in [9.17, 15) is 0 Å². The molecule has 1 aromatic heterocycles. The van der Waals surface area contributed by atoms with Gasteiger partial charge in [0.2, 0.25) is 5.89 Å². The third kappa shape index (κ3) is 3.19. The summed E-state index contributed by atoms with van der Waals surface area (Å²) in [7, 11) is 0. The van der Waals surface area contributed by atoms with Crippen molar-refractivity contribution < 1.29 is 4.42 Å². The Labute approximate surface area is 83.9 Å². The average molecular weight is 193 g/mol. The highest BCUT2D eigenvalue weighted by Gasteiger charge is 2.04. The third-order valence-corrected chi connectivity index (χ3v) is 1.95. The molecule has 1 aromatic rings. The van der Waals surface area contributed by atoms with Gasteiger partial charge in [0.25, 0.3) is 0 Å². The fourth-order valence-electron chi connectivity index (χ4n) is 1.06. The molecule has 0 bridgehead atoms. The Morgan fingerprint density at radius 1 is 1.71 bits per heavy atom. The molecule has 0 amide bonds. The van der Waals surface area contributed by atoms with Gasteiger partial charge in [-0.05, 0) is 6.92 Å². The minimum absolute atomic E-state index is 0.178. The Hall–Kier alpha value is -1.34. The Morgan fingerprint density at radius 2 is 2.50 bits per heavy atom. The zero-order valence-electron chi connectivity index (χ0n) is 8.58. The van der Waals surface area contributed by atoms with Crippen molar-refractivity contribution in [2.45, 2.75) is 39.3 Å². The van der Waals surface area contributed by atoms with E-state index in [2.05, 4.69) is 16.4 Å². The molecule has 0 aromatic carbocycles. The first-order valence-electron chi connectivity index (χ1n) is 4.80. The monoisotopic (exact) mass is 193 g/mol. The topological polar surface area (TPSA) is 61.9 Å². The molecule has 0 aliphatic heterocycles. The van der Waals surface area contributed by atoms with Crippen LogP contribution in [0.4, 0.5) is 0 Å². The minimum atomic E-state index is 0.178. The van der Waals surface area contributed by atoms with Crippen molar-refractivity contribution in [3.05, 3.63) is 17.8 Å². The molecule has 4 nitrogen and oxygen atoms in total. The highest BCUT2D eigenvalue weighted by atomic mass is 16.4. The van der Waals surface area contributed by atoms with E-state index >= 15 is 0 Å². The first-order chi connectivity index (χ1) is 6.76. The minimum Gasteiger partial charge on any atom is -0.444 e. The van der Waals surface area contributed by atoms with Crippen molar-refractivity contribution in [3.8, 4) is 6.07 Å². The number of aromatic nitrogens is 1. The molecule has 1 unspecified atom stereocenters. The summed E-state index contributed by atoms with van der Waals surface area (Å²) in [6.07, 6.45) is 3.11. The summed E-state index contributed by atoms with van der Waals surface area (Å²) in [5.41, 5.74) is 0. The lowest BCUT2D eigenvalue weighted by Crippen LogP contribution is -2.24. The van der Waals surface area contributed by atoms with Gasteiger partial charge in [-0.1, -0.05) is 6.92 Å². The van der Waals surface area contributed by atoms with Gasteiger partial charge in [-0.2, -0.15) is 5.26 Å². The van der Waals surface area contributed by atoms with Gasteiger partial charge >= 0.3 is 0 Å². The molecule has 4 heteroatoms. The van der Waals surface area contributed by atoms with E-state index in [1.807, 2.05) is 13.8 Å². The molecule has 0 fully saturated rings. The van der Waals surface area contributed by atoms with E-state index in [0.717, 1.165) is 12.2 Å². The summed E-state index contributed by atoms with van der Waals surface area (Å²) in [6.45, 7) is 4.58. The number of aryl methyl sites for hydroxylation is 1. The lowest BCUT2D eigenvalue weighted by molar-refractivity contribution is 0.422. The van der Waals surface area contributed by atoms with Crippen molar-refractivity contribution >= 4 is 0 Å². The number of hydrogen-bond acceptors (Lipinski definition) is 4. The second-order valence-electron chi connectivity index (χ2n) is 3.22. The van der Waals surface area contributed by atoms with Crippen LogP contribution in [0.25, 0.3) is 0 Å². The molecule has 0 aliphatic carbocycles. The lowest BCUT2D eigenvalue weighted by Gasteiger charge is -2.06. The maximum absolute atomic E-state index is 8.45. The number of nitrogens with one attached hydrogen (secondary N) is 1. The normalized spacial score (nSPS) is 12.4. The maximum Gasteiger partial charge on any atom is 0.208 e. The van der Waals surface area contributed by atoms with Crippen LogP contribution in [0.1, 0.15) is 31.9 Å². The molecule has 14 heavy (non-hydrogen) atoms. The fraction of sp³-hybridized carbons (Fsp3) is 0.600. The highest BCUT2D eigenvalue weighted by Crippen LogP contribution is 2.04. The van der Waals surface area contributed by atoms with Gasteiger partial charge in [0.15, 0.2) is 0 Å². The largest absolute Gasteiger partial charge is 0.444 e. The van der Waals surface area contributed by atoms with E-state index in [-0.39, 0.29) is 6.04 Å². The summed E-state index contributed by atoms with van der Waals surface area (Å²) < 4.78 is 5.40. The number of oxazole rings is 1. The molecule has 0 saturated heterocycles.